The molecule has 0 saturated carbocycles. The average molecular weight is 280 g/mol. The SMILES string of the molecule is Cn1c(=O)c2c(Cl)cccc2c(=O)n1CCN=[N+]=[N-]. The van der Waals surface area contributed by atoms with Crippen molar-refractivity contribution in [2.45, 2.75) is 6.54 Å². The summed E-state index contributed by atoms with van der Waals surface area (Å²) < 4.78 is 2.42. The first-order chi connectivity index (χ1) is 9.07. The molecule has 98 valence electrons. The van der Waals surface area contributed by atoms with E-state index in [1.807, 2.05) is 0 Å². The van der Waals surface area contributed by atoms with Gasteiger partial charge >= 0.3 is 0 Å². The normalized spacial score (nSPS) is 10.4. The highest BCUT2D eigenvalue weighted by atomic mass is 35.5. The third-order valence-electron chi connectivity index (χ3n) is 2.82. The molecule has 1 aromatic heterocycles. The Bertz CT molecular complexity index is 801. The van der Waals surface area contributed by atoms with Crippen molar-refractivity contribution in [3.05, 3.63) is 54.4 Å². The number of hydrogen-bond donors (Lipinski definition) is 0. The van der Waals surface area contributed by atoms with E-state index in [-0.39, 0.29) is 40.0 Å². The van der Waals surface area contributed by atoms with Gasteiger partial charge in [0.25, 0.3) is 11.1 Å². The number of hydrogen-bond acceptors (Lipinski definition) is 3. The van der Waals surface area contributed by atoms with E-state index in [9.17, 15) is 9.59 Å². The molecular formula is C11H10ClN5O2. The third kappa shape index (κ3) is 2.21. The zero-order chi connectivity index (χ0) is 14.0. The molecule has 8 heteroatoms. The fourth-order valence-corrected chi connectivity index (χ4v) is 2.16. The Morgan fingerprint density at radius 1 is 1.37 bits per heavy atom. The number of rotatable bonds is 3. The predicted molar refractivity (Wildman–Crippen MR) is 72.5 cm³/mol. The van der Waals surface area contributed by atoms with Gasteiger partial charge in [-0.3, -0.25) is 14.3 Å². The van der Waals surface area contributed by atoms with Crippen molar-refractivity contribution in [3.8, 4) is 0 Å². The van der Waals surface area contributed by atoms with E-state index in [0.717, 1.165) is 0 Å². The summed E-state index contributed by atoms with van der Waals surface area (Å²) in [6.45, 7) is 0.229. The zero-order valence-corrected chi connectivity index (χ0v) is 10.8. The van der Waals surface area contributed by atoms with Crippen molar-refractivity contribution >= 4 is 22.4 Å². The second kappa shape index (κ2) is 5.17. The Hall–Kier alpha value is -2.24. The van der Waals surface area contributed by atoms with Crippen LogP contribution in [0, 0.1) is 0 Å². The topological polar surface area (TPSA) is 92.8 Å². The Kier molecular flexibility index (Phi) is 3.59. The lowest BCUT2D eigenvalue weighted by molar-refractivity contribution is 0.475. The van der Waals surface area contributed by atoms with Gasteiger partial charge in [0, 0.05) is 25.0 Å². The maximum atomic E-state index is 12.3. The molecule has 0 bridgehead atoms. The van der Waals surface area contributed by atoms with Crippen molar-refractivity contribution in [3.63, 3.8) is 0 Å². The molecule has 0 spiro atoms. The Labute approximate surface area is 112 Å². The van der Waals surface area contributed by atoms with E-state index in [2.05, 4.69) is 10.0 Å². The lowest BCUT2D eigenvalue weighted by Crippen LogP contribution is -2.37. The minimum absolute atomic E-state index is 0.0930. The van der Waals surface area contributed by atoms with Crippen molar-refractivity contribution < 1.29 is 0 Å². The van der Waals surface area contributed by atoms with E-state index < -0.39 is 0 Å². The van der Waals surface area contributed by atoms with Gasteiger partial charge in [-0.15, -0.1) is 0 Å². The van der Waals surface area contributed by atoms with Gasteiger partial charge in [-0.25, -0.2) is 4.68 Å². The predicted octanol–water partition coefficient (Wildman–Crippen LogP) is 1.66. The van der Waals surface area contributed by atoms with E-state index >= 15 is 0 Å². The van der Waals surface area contributed by atoms with Gasteiger partial charge in [0.1, 0.15) is 0 Å². The Balaban J connectivity index is 2.78. The maximum absolute atomic E-state index is 12.3. The van der Waals surface area contributed by atoms with Crippen LogP contribution >= 0.6 is 11.6 Å². The van der Waals surface area contributed by atoms with Gasteiger partial charge in [-0.05, 0) is 17.7 Å². The van der Waals surface area contributed by atoms with E-state index in [1.165, 1.54) is 16.4 Å². The number of benzene rings is 1. The number of halogens is 1. The minimum Gasteiger partial charge on any atom is -0.267 e. The van der Waals surface area contributed by atoms with Crippen LogP contribution in [-0.2, 0) is 13.6 Å². The Morgan fingerprint density at radius 2 is 2.11 bits per heavy atom. The first kappa shape index (κ1) is 13.2. The third-order valence-corrected chi connectivity index (χ3v) is 3.14. The summed E-state index contributed by atoms with van der Waals surface area (Å²) in [5, 5.41) is 4.07. The molecule has 0 amide bonds. The molecule has 0 aliphatic heterocycles. The van der Waals surface area contributed by atoms with Crippen molar-refractivity contribution in [1.29, 1.82) is 0 Å². The highest BCUT2D eigenvalue weighted by Gasteiger charge is 2.12. The number of aromatic nitrogens is 2. The minimum atomic E-state index is -0.360. The summed E-state index contributed by atoms with van der Waals surface area (Å²) >= 11 is 5.96. The van der Waals surface area contributed by atoms with Crippen LogP contribution in [0.3, 0.4) is 0 Å². The highest BCUT2D eigenvalue weighted by molar-refractivity contribution is 6.35. The van der Waals surface area contributed by atoms with Gasteiger partial charge < -0.3 is 0 Å². The largest absolute Gasteiger partial charge is 0.274 e. The van der Waals surface area contributed by atoms with E-state index in [1.54, 1.807) is 18.2 Å². The van der Waals surface area contributed by atoms with Crippen LogP contribution in [0.4, 0.5) is 0 Å². The molecule has 0 N–H and O–H groups in total. The molecule has 7 nitrogen and oxygen atoms in total. The lowest BCUT2D eigenvalue weighted by atomic mass is 10.2. The van der Waals surface area contributed by atoms with Crippen LogP contribution in [0.15, 0.2) is 32.9 Å². The molecule has 1 aromatic carbocycles. The number of azide groups is 1. The summed E-state index contributed by atoms with van der Waals surface area (Å²) in [4.78, 5) is 27.0. The van der Waals surface area contributed by atoms with Gasteiger partial charge in [-0.2, -0.15) is 0 Å². The van der Waals surface area contributed by atoms with Gasteiger partial charge in [0.15, 0.2) is 0 Å². The summed E-state index contributed by atoms with van der Waals surface area (Å²) in [7, 11) is 1.47. The molecule has 0 radical (unpaired) electrons. The van der Waals surface area contributed by atoms with Crippen LogP contribution in [0.1, 0.15) is 0 Å². The van der Waals surface area contributed by atoms with Gasteiger partial charge in [-0.1, -0.05) is 22.8 Å². The summed E-state index contributed by atoms with van der Waals surface area (Å²) in [5.74, 6) is 0. The summed E-state index contributed by atoms with van der Waals surface area (Å²) in [6.07, 6.45) is 0. The van der Waals surface area contributed by atoms with Crippen molar-refractivity contribution in [1.82, 2.24) is 9.36 Å². The monoisotopic (exact) mass is 279 g/mol. The van der Waals surface area contributed by atoms with Crippen LogP contribution in [0.2, 0.25) is 5.02 Å². The van der Waals surface area contributed by atoms with Crippen LogP contribution in [-0.4, -0.2) is 15.9 Å². The van der Waals surface area contributed by atoms with Crippen molar-refractivity contribution in [2.75, 3.05) is 6.54 Å². The second-order valence-electron chi connectivity index (χ2n) is 3.87. The first-order valence-corrected chi connectivity index (χ1v) is 5.85. The molecule has 0 fully saturated rings. The van der Waals surface area contributed by atoms with Crippen LogP contribution in [0.5, 0.6) is 0 Å². The average Bonchev–Trinajstić information content (AvgIpc) is 2.40. The van der Waals surface area contributed by atoms with Gasteiger partial charge in [0.2, 0.25) is 0 Å². The molecule has 2 aromatic rings. The van der Waals surface area contributed by atoms with Gasteiger partial charge in [0.05, 0.1) is 15.8 Å². The zero-order valence-electron chi connectivity index (χ0n) is 10.1. The fraction of sp³-hybridized carbons (Fsp3) is 0.273. The van der Waals surface area contributed by atoms with E-state index in [0.29, 0.717) is 0 Å². The molecule has 0 saturated heterocycles. The smallest absolute Gasteiger partial charge is 0.267 e. The number of fused-ring (bicyclic) bond motifs is 1. The molecule has 0 unspecified atom stereocenters. The Morgan fingerprint density at radius 3 is 2.79 bits per heavy atom. The number of nitrogens with zero attached hydrogens (tertiary/aromatic N) is 5. The first-order valence-electron chi connectivity index (χ1n) is 5.47. The second-order valence-corrected chi connectivity index (χ2v) is 4.28. The molecule has 0 aliphatic rings. The molecule has 0 aliphatic carbocycles. The summed E-state index contributed by atoms with van der Waals surface area (Å²) in [6, 6.07) is 4.73. The lowest BCUT2D eigenvalue weighted by Gasteiger charge is -2.12. The quantitative estimate of drug-likeness (QED) is 0.485. The maximum Gasteiger partial charge on any atom is 0.274 e. The van der Waals surface area contributed by atoms with E-state index in [4.69, 9.17) is 17.1 Å². The molecular weight excluding hydrogens is 270 g/mol. The van der Waals surface area contributed by atoms with Crippen molar-refractivity contribution in [2.24, 2.45) is 12.2 Å². The molecule has 19 heavy (non-hydrogen) atoms. The standard InChI is InChI=1S/C11H10ClN5O2/c1-16-11(19)9-7(3-2-4-8(9)12)10(18)17(16)6-5-14-15-13/h2-4H,5-6H2,1H3. The molecule has 0 atom stereocenters. The molecule has 2 rings (SSSR count). The molecule has 1 heterocycles. The highest BCUT2D eigenvalue weighted by Crippen LogP contribution is 2.16. The summed E-state index contributed by atoms with van der Waals surface area (Å²) in [5.41, 5.74) is 7.53. The van der Waals surface area contributed by atoms with Crippen LogP contribution in [0.25, 0.3) is 21.2 Å². The fourth-order valence-electron chi connectivity index (χ4n) is 1.90. The van der Waals surface area contributed by atoms with Crippen LogP contribution < -0.4 is 11.1 Å².